The Hall–Kier alpha value is 0. The third-order valence-corrected chi connectivity index (χ3v) is 1.77. The average Bonchev–Trinajstić information content (AvgIpc) is 2.02. The molecule has 0 aliphatic rings. The summed E-state index contributed by atoms with van der Waals surface area (Å²) in [4.78, 5) is 0.135. The van der Waals surface area contributed by atoms with Crippen molar-refractivity contribution >= 4 is 0 Å². The number of unbranched alkanes of at least 4 members (excludes halogenated alkanes) is 1. The van der Waals surface area contributed by atoms with Gasteiger partial charge in [0.25, 0.3) is 0 Å². The predicted octanol–water partition coefficient (Wildman–Crippen LogP) is -0.734. The van der Waals surface area contributed by atoms with E-state index in [9.17, 15) is 10.4 Å². The first kappa shape index (κ1) is 16.4. The Kier molecular flexibility index (Phi) is 8.58. The molecule has 0 atom stereocenters. The van der Waals surface area contributed by atoms with Gasteiger partial charge in [-0.1, -0.05) is 13.3 Å². The molecule has 0 spiro atoms. The second-order valence-corrected chi connectivity index (χ2v) is 3.98. The van der Waals surface area contributed by atoms with Crippen LogP contribution in [0.15, 0.2) is 5.28 Å². The second kappa shape index (κ2) is 7.31. The van der Waals surface area contributed by atoms with Crippen LogP contribution in [0.25, 0.3) is 0 Å². The summed E-state index contributed by atoms with van der Waals surface area (Å²) in [6.07, 6.45) is 1.87. The van der Waals surface area contributed by atoms with E-state index in [0.717, 1.165) is 12.8 Å². The van der Waals surface area contributed by atoms with Gasteiger partial charge in [0.05, 0.1) is 12.1 Å². The van der Waals surface area contributed by atoms with E-state index in [1.54, 1.807) is 0 Å². The normalized spacial score (nSPS) is 12.1. The van der Waals surface area contributed by atoms with Gasteiger partial charge in [0.15, 0.2) is 0 Å². The van der Waals surface area contributed by atoms with E-state index < -0.39 is 0 Å². The van der Waals surface area contributed by atoms with Gasteiger partial charge in [0, 0.05) is 4.97 Å². The Balaban J connectivity index is 0. The van der Waals surface area contributed by atoms with Crippen molar-refractivity contribution < 1.29 is 34.5 Å². The maximum absolute atomic E-state index is 11.0. The van der Waals surface area contributed by atoms with Crippen molar-refractivity contribution in [1.82, 2.24) is 5.01 Å². The first-order chi connectivity index (χ1) is 5.93. The van der Waals surface area contributed by atoms with Crippen LogP contribution >= 0.6 is 0 Å². The van der Waals surface area contributed by atoms with Crippen LogP contribution in [-0.2, 0) is 0 Å². The summed E-state index contributed by atoms with van der Waals surface area (Å²) in [6, 6.07) is 0. The Morgan fingerprint density at radius 3 is 2.14 bits per heavy atom. The van der Waals surface area contributed by atoms with Crippen LogP contribution in [0, 0.1) is 10.4 Å². The zero-order valence-corrected chi connectivity index (χ0v) is 11.8. The van der Waals surface area contributed by atoms with Gasteiger partial charge < -0.3 is 10.4 Å². The molecular formula is C8H18N3NaO2. The molecule has 0 N–H and O–H groups in total. The van der Waals surface area contributed by atoms with Gasteiger partial charge in [-0.15, -0.1) is 5.01 Å². The summed E-state index contributed by atoms with van der Waals surface area (Å²) < 4.78 is 0. The van der Waals surface area contributed by atoms with Gasteiger partial charge in [-0.25, -0.2) is 0 Å². The minimum atomic E-state index is -0.356. The summed E-state index contributed by atoms with van der Waals surface area (Å²) in [7, 11) is 0. The molecule has 0 aliphatic carbocycles. The molecule has 0 unspecified atom stereocenters. The van der Waals surface area contributed by atoms with E-state index in [0.29, 0.717) is 6.54 Å². The molecular weight excluding hydrogens is 193 g/mol. The fourth-order valence-corrected chi connectivity index (χ4v) is 1.03. The molecule has 6 heteroatoms. The monoisotopic (exact) mass is 211 g/mol. The fraction of sp³-hybridized carbons (Fsp3) is 1.00. The van der Waals surface area contributed by atoms with Gasteiger partial charge in [-0.3, -0.25) is 0 Å². The van der Waals surface area contributed by atoms with E-state index >= 15 is 0 Å². The summed E-state index contributed by atoms with van der Waals surface area (Å²) in [6.45, 7) is 8.22. The number of hydrogen-bond acceptors (Lipinski definition) is 3. The topological polar surface area (TPSA) is 64.7 Å². The first-order valence-corrected chi connectivity index (χ1v) is 4.51. The van der Waals surface area contributed by atoms with Crippen LogP contribution in [0.5, 0.6) is 0 Å². The average molecular weight is 211 g/mol. The maximum atomic E-state index is 11.0. The van der Waals surface area contributed by atoms with E-state index in [-0.39, 0.29) is 40.1 Å². The van der Waals surface area contributed by atoms with Crippen molar-refractivity contribution in [2.45, 2.75) is 46.1 Å². The van der Waals surface area contributed by atoms with E-state index in [4.69, 9.17) is 0 Å². The van der Waals surface area contributed by atoms with Gasteiger partial charge in [0.1, 0.15) is 0 Å². The van der Waals surface area contributed by atoms with Gasteiger partial charge in [0.2, 0.25) is 0 Å². The molecule has 0 saturated heterocycles. The molecule has 0 aromatic rings. The molecule has 0 rings (SSSR count). The summed E-state index contributed by atoms with van der Waals surface area (Å²) in [5.41, 5.74) is -0.356. The summed E-state index contributed by atoms with van der Waals surface area (Å²) in [5, 5.41) is 24.9. The molecule has 0 saturated carbocycles. The predicted molar refractivity (Wildman–Crippen MR) is 50.8 cm³/mol. The SMILES string of the molecule is CCCCN([N+]([O-])=N[O-])C(C)(C)C.[Na+]. The molecule has 0 fully saturated rings. The Bertz CT molecular complexity index is 180. The number of hydrogen-bond donors (Lipinski definition) is 0. The van der Waals surface area contributed by atoms with Gasteiger partial charge in [-0.05, 0) is 32.5 Å². The molecule has 0 aliphatic heterocycles. The Morgan fingerprint density at radius 1 is 1.36 bits per heavy atom. The van der Waals surface area contributed by atoms with Crippen LogP contribution in [-0.4, -0.2) is 22.1 Å². The van der Waals surface area contributed by atoms with Crippen molar-refractivity contribution in [1.29, 1.82) is 0 Å². The number of hydrazine groups is 1. The summed E-state index contributed by atoms with van der Waals surface area (Å²) in [5.74, 6) is 0. The third-order valence-electron chi connectivity index (χ3n) is 1.77. The van der Waals surface area contributed by atoms with Crippen LogP contribution < -0.4 is 29.6 Å². The van der Waals surface area contributed by atoms with Crippen molar-refractivity contribution in [3.05, 3.63) is 10.4 Å². The van der Waals surface area contributed by atoms with Crippen molar-refractivity contribution in [3.63, 3.8) is 0 Å². The smallest absolute Gasteiger partial charge is 0.737 e. The Labute approximate surface area is 108 Å². The minimum absolute atomic E-state index is 0. The van der Waals surface area contributed by atoms with E-state index in [2.05, 4.69) is 5.28 Å². The molecule has 5 nitrogen and oxygen atoms in total. The zero-order valence-electron chi connectivity index (χ0n) is 9.78. The van der Waals surface area contributed by atoms with Crippen LogP contribution in [0.1, 0.15) is 40.5 Å². The maximum Gasteiger partial charge on any atom is 1.00 e. The molecule has 0 heterocycles. The van der Waals surface area contributed by atoms with Crippen LogP contribution in [0.2, 0.25) is 0 Å². The molecule has 0 aromatic carbocycles. The molecule has 0 amide bonds. The quantitative estimate of drug-likeness (QED) is 0.266. The van der Waals surface area contributed by atoms with Crippen LogP contribution in [0.4, 0.5) is 0 Å². The standard InChI is InChI=1S/C8H19N3O2.Na/c1-5-6-7-10(8(2,3)4)11(13)9-12;/h12H,5-7H2,1-4H3;/q;+1/p-1. The molecule has 0 aromatic heterocycles. The van der Waals surface area contributed by atoms with Gasteiger partial charge >= 0.3 is 29.6 Å². The van der Waals surface area contributed by atoms with E-state index in [1.165, 1.54) is 5.01 Å². The zero-order chi connectivity index (χ0) is 10.5. The molecule has 14 heavy (non-hydrogen) atoms. The molecule has 0 radical (unpaired) electrons. The first-order valence-electron chi connectivity index (χ1n) is 4.51. The van der Waals surface area contributed by atoms with E-state index in [1.807, 2.05) is 27.7 Å². The largest absolute Gasteiger partial charge is 1.00 e. The molecule has 78 valence electrons. The molecule has 0 bridgehead atoms. The number of nitrogens with zero attached hydrogens (tertiary/aromatic N) is 3. The minimum Gasteiger partial charge on any atom is -0.737 e. The van der Waals surface area contributed by atoms with Crippen molar-refractivity contribution in [3.8, 4) is 0 Å². The second-order valence-electron chi connectivity index (χ2n) is 3.98. The fourth-order valence-electron chi connectivity index (χ4n) is 1.03. The Morgan fingerprint density at radius 2 is 1.86 bits per heavy atom. The van der Waals surface area contributed by atoms with Crippen LogP contribution in [0.3, 0.4) is 0 Å². The van der Waals surface area contributed by atoms with Crippen molar-refractivity contribution in [2.75, 3.05) is 6.54 Å². The van der Waals surface area contributed by atoms with Crippen molar-refractivity contribution in [2.24, 2.45) is 5.28 Å². The third kappa shape index (κ3) is 5.67. The summed E-state index contributed by atoms with van der Waals surface area (Å²) >= 11 is 0. The number of rotatable bonds is 4. The van der Waals surface area contributed by atoms with Gasteiger partial charge in [-0.2, -0.15) is 0 Å².